The second kappa shape index (κ2) is 10.1. The topological polar surface area (TPSA) is 52.3 Å². The summed E-state index contributed by atoms with van der Waals surface area (Å²) in [7, 11) is 1.42. The van der Waals surface area contributed by atoms with E-state index in [1.54, 1.807) is 0 Å². The number of nitrogens with two attached hydrogens (primary N) is 1. The van der Waals surface area contributed by atoms with E-state index in [1.807, 2.05) is 0 Å². The molecule has 0 atom stereocenters. The average Bonchev–Trinajstić information content (AvgIpc) is 1.35. The summed E-state index contributed by atoms with van der Waals surface area (Å²) in [4.78, 5) is 9.70. The van der Waals surface area contributed by atoms with Crippen LogP contribution in [0.3, 0.4) is 0 Å². The van der Waals surface area contributed by atoms with Gasteiger partial charge in [0.1, 0.15) is 6.61 Å². The van der Waals surface area contributed by atoms with E-state index in [0.717, 1.165) is 0 Å². The average molecular weight is 162 g/mol. The van der Waals surface area contributed by atoms with Gasteiger partial charge in [0, 0.05) is 7.11 Å². The maximum atomic E-state index is 9.70. The molecule has 0 aliphatic carbocycles. The normalized spacial score (nSPS) is 6.12. The van der Waals surface area contributed by atoms with Gasteiger partial charge in [-0.1, -0.05) is 0 Å². The first-order valence-electron chi connectivity index (χ1n) is 1.54. The summed E-state index contributed by atoms with van der Waals surface area (Å²) in [6.45, 7) is 0.0139. The number of carbonyl (C=O) groups excluding carboxylic acids is 1. The van der Waals surface area contributed by atoms with Crippen LogP contribution in [0.5, 0.6) is 0 Å². The molecule has 0 bridgehead atoms. The second-order valence-corrected chi connectivity index (χ2v) is 0.899. The van der Waals surface area contributed by atoms with Gasteiger partial charge in [-0.15, -0.1) is 24.8 Å². The van der Waals surface area contributed by atoms with Gasteiger partial charge in [-0.05, 0) is 0 Å². The van der Waals surface area contributed by atoms with Crippen LogP contribution in [0.2, 0.25) is 0 Å². The fourth-order valence-corrected chi connectivity index (χ4v) is 0.142. The smallest absolute Gasteiger partial charge is 0.243 e. The molecule has 0 aromatic rings. The van der Waals surface area contributed by atoms with Gasteiger partial charge in [0.2, 0.25) is 5.91 Å². The predicted molar refractivity (Wildman–Crippen MR) is 35.6 cm³/mol. The van der Waals surface area contributed by atoms with Crippen molar-refractivity contribution in [1.82, 2.24) is 0 Å². The third kappa shape index (κ3) is 16.7. The maximum Gasteiger partial charge on any atom is 0.243 e. The zero-order valence-corrected chi connectivity index (χ0v) is 6.05. The van der Waals surface area contributed by atoms with Crippen molar-refractivity contribution in [1.29, 1.82) is 0 Å². The largest absolute Gasteiger partial charge is 0.375 e. The molecule has 0 aliphatic heterocycles. The highest BCUT2D eigenvalue weighted by molar-refractivity contribution is 5.85. The zero-order valence-electron chi connectivity index (χ0n) is 4.42. The van der Waals surface area contributed by atoms with Gasteiger partial charge in [0.15, 0.2) is 0 Å². The number of methoxy groups -OCH3 is 1. The fraction of sp³-hybridized carbons (Fsp3) is 0.667. The first-order valence-corrected chi connectivity index (χ1v) is 1.54. The summed E-state index contributed by atoms with van der Waals surface area (Å²) >= 11 is 0. The summed E-state index contributed by atoms with van der Waals surface area (Å²) in [5, 5.41) is 0. The van der Waals surface area contributed by atoms with Crippen molar-refractivity contribution in [3.63, 3.8) is 0 Å². The van der Waals surface area contributed by atoms with E-state index in [-0.39, 0.29) is 31.4 Å². The third-order valence-corrected chi connectivity index (χ3v) is 0.287. The number of rotatable bonds is 2. The van der Waals surface area contributed by atoms with Crippen LogP contribution in [0.15, 0.2) is 0 Å². The molecule has 2 N–H and O–H groups in total. The van der Waals surface area contributed by atoms with Crippen molar-refractivity contribution >= 4 is 30.7 Å². The minimum Gasteiger partial charge on any atom is -0.375 e. The van der Waals surface area contributed by atoms with Gasteiger partial charge in [0.05, 0.1) is 0 Å². The molecule has 0 saturated heterocycles. The Hall–Kier alpha value is 0.01000. The van der Waals surface area contributed by atoms with Crippen LogP contribution in [0.4, 0.5) is 0 Å². The molecule has 0 fully saturated rings. The molecule has 5 heteroatoms. The number of halogens is 2. The van der Waals surface area contributed by atoms with Crippen molar-refractivity contribution in [2.75, 3.05) is 13.7 Å². The molecule has 0 heterocycles. The number of hydrogen-bond donors (Lipinski definition) is 1. The SMILES string of the molecule is COCC(N)=O.Cl.Cl. The Morgan fingerprint density at radius 3 is 2.00 bits per heavy atom. The Labute approximate surface area is 60.4 Å². The zero-order chi connectivity index (χ0) is 4.99. The molecule has 0 spiro atoms. The van der Waals surface area contributed by atoms with E-state index in [0.29, 0.717) is 0 Å². The summed E-state index contributed by atoms with van der Waals surface area (Å²) in [6.07, 6.45) is 0. The van der Waals surface area contributed by atoms with Crippen LogP contribution < -0.4 is 5.73 Å². The van der Waals surface area contributed by atoms with Gasteiger partial charge in [-0.2, -0.15) is 0 Å². The van der Waals surface area contributed by atoms with Gasteiger partial charge in [-0.25, -0.2) is 0 Å². The molecule has 8 heavy (non-hydrogen) atoms. The van der Waals surface area contributed by atoms with Crippen molar-refractivity contribution < 1.29 is 9.53 Å². The van der Waals surface area contributed by atoms with Crippen LogP contribution in [0, 0.1) is 0 Å². The lowest BCUT2D eigenvalue weighted by Crippen LogP contribution is -2.16. The molecule has 0 aromatic carbocycles. The van der Waals surface area contributed by atoms with Crippen molar-refractivity contribution in [2.24, 2.45) is 5.73 Å². The molecule has 0 aliphatic rings. The predicted octanol–water partition coefficient (Wildman–Crippen LogP) is -0.0383. The number of amides is 1. The van der Waals surface area contributed by atoms with Gasteiger partial charge in [-0.3, -0.25) is 4.79 Å². The lowest BCUT2D eigenvalue weighted by atomic mass is 10.7. The molecule has 52 valence electrons. The van der Waals surface area contributed by atoms with Crippen LogP contribution in [-0.4, -0.2) is 19.6 Å². The second-order valence-electron chi connectivity index (χ2n) is 0.899. The number of primary amides is 1. The highest BCUT2D eigenvalue weighted by atomic mass is 35.5. The Balaban J connectivity index is -0.000000125. The van der Waals surface area contributed by atoms with Crippen molar-refractivity contribution in [3.05, 3.63) is 0 Å². The van der Waals surface area contributed by atoms with Crippen molar-refractivity contribution in [2.45, 2.75) is 0 Å². The van der Waals surface area contributed by atoms with Crippen molar-refractivity contribution in [3.8, 4) is 0 Å². The maximum absolute atomic E-state index is 9.70. The Kier molecular flexibility index (Phi) is 19.8. The Bertz CT molecular complexity index is 59.2. The number of ether oxygens (including phenoxy) is 1. The van der Waals surface area contributed by atoms with Gasteiger partial charge in [0.25, 0.3) is 0 Å². The molecule has 0 unspecified atom stereocenters. The van der Waals surface area contributed by atoms with E-state index in [9.17, 15) is 4.79 Å². The summed E-state index contributed by atoms with van der Waals surface area (Å²) < 4.78 is 4.33. The molecule has 1 amide bonds. The highest BCUT2D eigenvalue weighted by Gasteiger charge is 1.84. The number of carbonyl (C=O) groups is 1. The van der Waals surface area contributed by atoms with E-state index < -0.39 is 5.91 Å². The summed E-state index contributed by atoms with van der Waals surface area (Å²) in [5.74, 6) is -0.433. The van der Waals surface area contributed by atoms with E-state index in [2.05, 4.69) is 10.5 Å². The Morgan fingerprint density at radius 2 is 2.00 bits per heavy atom. The summed E-state index contributed by atoms with van der Waals surface area (Å²) in [6, 6.07) is 0. The Morgan fingerprint density at radius 1 is 1.62 bits per heavy atom. The minimum atomic E-state index is -0.433. The van der Waals surface area contributed by atoms with Crippen LogP contribution in [0.1, 0.15) is 0 Å². The molecular weight excluding hydrogens is 153 g/mol. The lowest BCUT2D eigenvalue weighted by molar-refractivity contribution is -0.121. The number of hydrogen-bond acceptors (Lipinski definition) is 2. The van der Waals surface area contributed by atoms with E-state index >= 15 is 0 Å². The monoisotopic (exact) mass is 161 g/mol. The van der Waals surface area contributed by atoms with E-state index in [1.165, 1.54) is 7.11 Å². The van der Waals surface area contributed by atoms with Crippen LogP contribution in [-0.2, 0) is 9.53 Å². The molecule has 0 rings (SSSR count). The fourth-order valence-electron chi connectivity index (χ4n) is 0.142. The molecule has 0 radical (unpaired) electrons. The molecule has 0 saturated carbocycles. The van der Waals surface area contributed by atoms with Gasteiger partial charge >= 0.3 is 0 Å². The highest BCUT2D eigenvalue weighted by Crippen LogP contribution is 1.58. The lowest BCUT2D eigenvalue weighted by Gasteiger charge is -1.85. The molecular formula is C3H9Cl2NO2. The quantitative estimate of drug-likeness (QED) is 0.619. The molecule has 3 nitrogen and oxygen atoms in total. The minimum absolute atomic E-state index is 0. The first-order chi connectivity index (χ1) is 2.77. The van der Waals surface area contributed by atoms with Gasteiger partial charge < -0.3 is 10.5 Å². The van der Waals surface area contributed by atoms with Crippen LogP contribution in [0.25, 0.3) is 0 Å². The summed E-state index contributed by atoms with van der Waals surface area (Å²) in [5.41, 5.74) is 4.64. The van der Waals surface area contributed by atoms with E-state index in [4.69, 9.17) is 0 Å². The standard InChI is InChI=1S/C3H7NO2.2ClH/c1-6-2-3(4)5;;/h2H2,1H3,(H2,4,5);2*1H. The molecule has 0 aromatic heterocycles. The van der Waals surface area contributed by atoms with Crippen LogP contribution >= 0.6 is 24.8 Å². The third-order valence-electron chi connectivity index (χ3n) is 0.287. The first kappa shape index (κ1) is 15.7.